The average Bonchev–Trinajstić information content (AvgIpc) is 2.81. The van der Waals surface area contributed by atoms with Gasteiger partial charge in [0.05, 0.1) is 12.7 Å². The first kappa shape index (κ1) is 19.8. The third-order valence-electron chi connectivity index (χ3n) is 6.18. The molecule has 0 aliphatic carbocycles. The van der Waals surface area contributed by atoms with Crippen LogP contribution in [-0.2, 0) is 4.74 Å². The Hall–Kier alpha value is -3.17. The highest BCUT2D eigenvalue weighted by molar-refractivity contribution is 9.10. The van der Waals surface area contributed by atoms with E-state index in [0.717, 1.165) is 37.3 Å². The van der Waals surface area contributed by atoms with Gasteiger partial charge in [0.1, 0.15) is 0 Å². The maximum absolute atomic E-state index is 12.8. The molecule has 0 aliphatic heterocycles. The molecule has 0 saturated carbocycles. The molecule has 152 valence electrons. The topological polar surface area (TPSA) is 26.3 Å². The molecule has 0 saturated heterocycles. The van der Waals surface area contributed by atoms with Gasteiger partial charge in [0.2, 0.25) is 0 Å². The number of methoxy groups -OCH3 is 1. The van der Waals surface area contributed by atoms with Crippen LogP contribution in [0.4, 0.5) is 0 Å². The summed E-state index contributed by atoms with van der Waals surface area (Å²) in [5, 5.41) is 6.82. The van der Waals surface area contributed by atoms with Crippen LogP contribution < -0.4 is 0 Å². The van der Waals surface area contributed by atoms with Gasteiger partial charge in [-0.3, -0.25) is 0 Å². The summed E-state index contributed by atoms with van der Waals surface area (Å²) in [6.45, 7) is 4.26. The lowest BCUT2D eigenvalue weighted by Gasteiger charge is -2.20. The van der Waals surface area contributed by atoms with Crippen LogP contribution in [0.25, 0.3) is 43.4 Å². The molecule has 0 spiro atoms. The molecule has 5 aromatic carbocycles. The second-order valence-electron chi connectivity index (χ2n) is 7.88. The molecule has 0 bridgehead atoms. The van der Waals surface area contributed by atoms with Crippen molar-refractivity contribution in [3.63, 3.8) is 0 Å². The molecule has 0 amide bonds. The van der Waals surface area contributed by atoms with Crippen LogP contribution in [0.15, 0.2) is 77.3 Å². The van der Waals surface area contributed by atoms with Crippen LogP contribution in [0, 0.1) is 13.8 Å². The fourth-order valence-corrected chi connectivity index (χ4v) is 5.02. The summed E-state index contributed by atoms with van der Waals surface area (Å²) in [7, 11) is 1.44. The van der Waals surface area contributed by atoms with E-state index in [2.05, 4.69) is 78.3 Å². The van der Waals surface area contributed by atoms with Crippen molar-refractivity contribution < 1.29 is 9.53 Å². The Balaban J connectivity index is 2.04. The fraction of sp³-hybridized carbons (Fsp3) is 0.107. The van der Waals surface area contributed by atoms with Crippen molar-refractivity contribution in [2.24, 2.45) is 0 Å². The molecular formula is C28H21BrO2. The fourth-order valence-electron chi connectivity index (χ4n) is 4.61. The minimum atomic E-state index is -0.328. The van der Waals surface area contributed by atoms with Crippen molar-refractivity contribution in [1.82, 2.24) is 0 Å². The lowest BCUT2D eigenvalue weighted by atomic mass is 9.85. The highest BCUT2D eigenvalue weighted by atomic mass is 79.9. The summed E-state index contributed by atoms with van der Waals surface area (Å²) in [5.41, 5.74) is 4.87. The van der Waals surface area contributed by atoms with Crippen molar-refractivity contribution in [3.8, 4) is 11.1 Å². The summed E-state index contributed by atoms with van der Waals surface area (Å²) in [6, 6.07) is 25.0. The quantitative estimate of drug-likeness (QED) is 0.194. The Bertz CT molecular complexity index is 1520. The Kier molecular flexibility index (Phi) is 4.79. The van der Waals surface area contributed by atoms with E-state index in [1.165, 1.54) is 28.8 Å². The SMILES string of the molecule is COC(=O)c1ccc2ccccc2c1-c1c(C)c(Br)c(C)c2cc3ccccc3cc12. The second kappa shape index (κ2) is 7.51. The first-order valence-electron chi connectivity index (χ1n) is 10.2. The summed E-state index contributed by atoms with van der Waals surface area (Å²) in [4.78, 5) is 12.8. The van der Waals surface area contributed by atoms with Gasteiger partial charge in [-0.15, -0.1) is 0 Å². The maximum Gasteiger partial charge on any atom is 0.338 e. The van der Waals surface area contributed by atoms with E-state index < -0.39 is 0 Å². The molecule has 0 aliphatic rings. The van der Waals surface area contributed by atoms with Crippen LogP contribution in [0.3, 0.4) is 0 Å². The third-order valence-corrected chi connectivity index (χ3v) is 7.37. The van der Waals surface area contributed by atoms with Gasteiger partial charge in [-0.2, -0.15) is 0 Å². The Morgan fingerprint density at radius 2 is 1.32 bits per heavy atom. The first-order valence-corrected chi connectivity index (χ1v) is 11.0. The molecule has 0 N–H and O–H groups in total. The zero-order valence-corrected chi connectivity index (χ0v) is 19.2. The van der Waals surface area contributed by atoms with Gasteiger partial charge in [0.15, 0.2) is 0 Å². The van der Waals surface area contributed by atoms with E-state index >= 15 is 0 Å². The van der Waals surface area contributed by atoms with Crippen LogP contribution in [-0.4, -0.2) is 13.1 Å². The van der Waals surface area contributed by atoms with Crippen molar-refractivity contribution in [3.05, 3.63) is 94.0 Å². The summed E-state index contributed by atoms with van der Waals surface area (Å²) < 4.78 is 6.24. The Morgan fingerprint density at radius 1 is 0.710 bits per heavy atom. The number of benzene rings is 5. The number of hydrogen-bond donors (Lipinski definition) is 0. The lowest BCUT2D eigenvalue weighted by molar-refractivity contribution is 0.0602. The van der Waals surface area contributed by atoms with Gasteiger partial charge in [0.25, 0.3) is 0 Å². The molecule has 5 aromatic rings. The van der Waals surface area contributed by atoms with Gasteiger partial charge < -0.3 is 4.74 Å². The van der Waals surface area contributed by atoms with Gasteiger partial charge in [-0.1, -0.05) is 70.5 Å². The number of fused-ring (bicyclic) bond motifs is 3. The summed E-state index contributed by atoms with van der Waals surface area (Å²) in [5.74, 6) is -0.328. The molecule has 0 atom stereocenters. The van der Waals surface area contributed by atoms with Crippen LogP contribution in [0.1, 0.15) is 21.5 Å². The predicted molar refractivity (Wildman–Crippen MR) is 133 cm³/mol. The molecule has 3 heteroatoms. The number of carbonyl (C=O) groups is 1. The van der Waals surface area contributed by atoms with Crippen LogP contribution in [0.5, 0.6) is 0 Å². The van der Waals surface area contributed by atoms with Crippen molar-refractivity contribution in [1.29, 1.82) is 0 Å². The number of carbonyl (C=O) groups excluding carboxylic acids is 1. The molecule has 0 unspecified atom stereocenters. The van der Waals surface area contributed by atoms with Crippen LogP contribution in [0.2, 0.25) is 0 Å². The number of ether oxygens (including phenoxy) is 1. The maximum atomic E-state index is 12.8. The number of rotatable bonds is 2. The van der Waals surface area contributed by atoms with Gasteiger partial charge in [0, 0.05) is 10.0 Å². The van der Waals surface area contributed by atoms with Gasteiger partial charge >= 0.3 is 5.97 Å². The lowest BCUT2D eigenvalue weighted by Crippen LogP contribution is -2.05. The van der Waals surface area contributed by atoms with E-state index in [0.29, 0.717) is 5.56 Å². The Labute approximate surface area is 189 Å². The van der Waals surface area contributed by atoms with Gasteiger partial charge in [-0.25, -0.2) is 4.79 Å². The van der Waals surface area contributed by atoms with Crippen molar-refractivity contribution in [2.75, 3.05) is 7.11 Å². The standard InChI is InChI=1S/C28H21BrO2/c1-16-23-14-19-9-4-5-10-20(19)15-24(23)25(17(2)27(16)29)26-21-11-7-6-8-18(21)12-13-22(26)28(30)31-3/h4-15H,1-3H3. The van der Waals surface area contributed by atoms with E-state index in [1.807, 2.05) is 24.3 Å². The Morgan fingerprint density at radius 3 is 2.00 bits per heavy atom. The molecule has 0 heterocycles. The number of aryl methyl sites for hydroxylation is 1. The average molecular weight is 469 g/mol. The minimum absolute atomic E-state index is 0.328. The van der Waals surface area contributed by atoms with Crippen molar-refractivity contribution in [2.45, 2.75) is 13.8 Å². The largest absolute Gasteiger partial charge is 0.465 e. The number of hydrogen-bond acceptors (Lipinski definition) is 2. The predicted octanol–water partition coefficient (Wildman–Crippen LogP) is 7.98. The van der Waals surface area contributed by atoms with Crippen LogP contribution >= 0.6 is 15.9 Å². The molecular weight excluding hydrogens is 448 g/mol. The zero-order chi connectivity index (χ0) is 21.7. The second-order valence-corrected chi connectivity index (χ2v) is 8.68. The number of halogens is 1. The first-order chi connectivity index (χ1) is 15.0. The number of esters is 1. The monoisotopic (exact) mass is 468 g/mol. The molecule has 31 heavy (non-hydrogen) atoms. The zero-order valence-electron chi connectivity index (χ0n) is 17.6. The molecule has 5 rings (SSSR count). The highest BCUT2D eigenvalue weighted by Gasteiger charge is 2.22. The van der Waals surface area contributed by atoms with E-state index in [4.69, 9.17) is 4.74 Å². The van der Waals surface area contributed by atoms with Gasteiger partial charge in [-0.05, 0) is 81.1 Å². The van der Waals surface area contributed by atoms with E-state index in [-0.39, 0.29) is 5.97 Å². The third kappa shape index (κ3) is 3.03. The normalized spacial score (nSPS) is 11.4. The minimum Gasteiger partial charge on any atom is -0.465 e. The van der Waals surface area contributed by atoms with E-state index in [9.17, 15) is 4.79 Å². The molecule has 0 radical (unpaired) electrons. The smallest absolute Gasteiger partial charge is 0.338 e. The molecule has 0 fully saturated rings. The van der Waals surface area contributed by atoms with Crippen molar-refractivity contribution >= 4 is 54.2 Å². The van der Waals surface area contributed by atoms with E-state index in [1.54, 1.807) is 0 Å². The summed E-state index contributed by atoms with van der Waals surface area (Å²) in [6.07, 6.45) is 0. The molecule has 0 aromatic heterocycles. The molecule has 2 nitrogen and oxygen atoms in total. The summed E-state index contributed by atoms with van der Waals surface area (Å²) >= 11 is 3.84. The highest BCUT2D eigenvalue weighted by Crippen LogP contribution is 2.44.